The quantitative estimate of drug-likeness (QED) is 0.609. The minimum absolute atomic E-state index is 0.0529. The minimum Gasteiger partial charge on any atom is -0.395 e. The number of nitrogens with zero attached hydrogens (tertiary/aromatic N) is 1. The van der Waals surface area contributed by atoms with E-state index in [1.54, 1.807) is 12.0 Å². The van der Waals surface area contributed by atoms with E-state index in [0.29, 0.717) is 19.7 Å². The molecule has 0 aliphatic rings. The van der Waals surface area contributed by atoms with Gasteiger partial charge in [-0.15, -0.1) is 0 Å². The number of hydrogen-bond acceptors (Lipinski definition) is 4. The SMILES string of the molecule is CCC(C)[C@H](N)C(=O)N(CCO)CCOC. The number of methoxy groups -OCH3 is 1. The predicted octanol–water partition coefficient (Wildman–Crippen LogP) is -0.173. The summed E-state index contributed by atoms with van der Waals surface area (Å²) in [7, 11) is 1.58. The summed E-state index contributed by atoms with van der Waals surface area (Å²) in [6.45, 7) is 5.15. The fourth-order valence-corrected chi connectivity index (χ4v) is 1.36. The molecule has 0 radical (unpaired) electrons. The van der Waals surface area contributed by atoms with Crippen LogP contribution in [0.5, 0.6) is 0 Å². The summed E-state index contributed by atoms with van der Waals surface area (Å²) in [6.07, 6.45) is 0.865. The molecular weight excluding hydrogens is 208 g/mol. The Morgan fingerprint density at radius 1 is 1.50 bits per heavy atom. The van der Waals surface area contributed by atoms with Crippen LogP contribution in [0.4, 0.5) is 0 Å². The molecule has 0 aromatic heterocycles. The molecule has 0 fully saturated rings. The number of aliphatic hydroxyl groups excluding tert-OH is 1. The summed E-state index contributed by atoms with van der Waals surface area (Å²) >= 11 is 0. The second-order valence-electron chi connectivity index (χ2n) is 3.95. The Hall–Kier alpha value is -0.650. The number of amides is 1. The first kappa shape index (κ1) is 15.3. The molecule has 0 saturated carbocycles. The van der Waals surface area contributed by atoms with Crippen LogP contribution in [-0.4, -0.2) is 55.4 Å². The van der Waals surface area contributed by atoms with Crippen LogP contribution in [0.3, 0.4) is 0 Å². The highest BCUT2D eigenvalue weighted by molar-refractivity contribution is 5.81. The highest BCUT2D eigenvalue weighted by Crippen LogP contribution is 2.08. The number of carbonyl (C=O) groups is 1. The zero-order valence-corrected chi connectivity index (χ0v) is 10.5. The third-order valence-electron chi connectivity index (χ3n) is 2.79. The maximum absolute atomic E-state index is 12.0. The summed E-state index contributed by atoms with van der Waals surface area (Å²) in [4.78, 5) is 13.5. The monoisotopic (exact) mass is 232 g/mol. The number of rotatable bonds is 8. The van der Waals surface area contributed by atoms with Crippen molar-refractivity contribution in [2.75, 3.05) is 33.4 Å². The second-order valence-corrected chi connectivity index (χ2v) is 3.95. The van der Waals surface area contributed by atoms with Gasteiger partial charge in [0, 0.05) is 20.2 Å². The van der Waals surface area contributed by atoms with Crippen LogP contribution in [0.1, 0.15) is 20.3 Å². The summed E-state index contributed by atoms with van der Waals surface area (Å²) in [5, 5.41) is 8.89. The molecule has 0 bridgehead atoms. The summed E-state index contributed by atoms with van der Waals surface area (Å²) in [5.41, 5.74) is 5.86. The van der Waals surface area contributed by atoms with Gasteiger partial charge in [0.25, 0.3) is 0 Å². The van der Waals surface area contributed by atoms with Crippen molar-refractivity contribution in [1.82, 2.24) is 4.90 Å². The molecule has 0 aromatic rings. The maximum atomic E-state index is 12.0. The molecule has 5 heteroatoms. The van der Waals surface area contributed by atoms with Gasteiger partial charge in [-0.3, -0.25) is 4.79 Å². The topological polar surface area (TPSA) is 75.8 Å². The largest absolute Gasteiger partial charge is 0.395 e. The standard InChI is InChI=1S/C11H24N2O3/c1-4-9(2)10(12)11(15)13(5-7-14)6-8-16-3/h9-10,14H,4-8,12H2,1-3H3/t9?,10-/m0/s1. The third-order valence-corrected chi connectivity index (χ3v) is 2.79. The molecule has 1 amide bonds. The number of aliphatic hydroxyl groups is 1. The molecule has 0 rings (SSSR count). The van der Waals surface area contributed by atoms with Crippen molar-refractivity contribution in [1.29, 1.82) is 0 Å². The van der Waals surface area contributed by atoms with Gasteiger partial charge in [-0.1, -0.05) is 20.3 Å². The van der Waals surface area contributed by atoms with Gasteiger partial charge in [0.2, 0.25) is 5.91 Å². The summed E-state index contributed by atoms with van der Waals surface area (Å²) in [6, 6.07) is -0.492. The molecule has 0 heterocycles. The number of ether oxygens (including phenoxy) is 1. The van der Waals surface area contributed by atoms with Crippen LogP contribution in [0.2, 0.25) is 0 Å². The minimum atomic E-state index is -0.492. The van der Waals surface area contributed by atoms with Crippen LogP contribution < -0.4 is 5.73 Å². The lowest BCUT2D eigenvalue weighted by Gasteiger charge is -2.27. The first-order chi connectivity index (χ1) is 7.58. The van der Waals surface area contributed by atoms with Gasteiger partial charge in [-0.05, 0) is 5.92 Å². The average molecular weight is 232 g/mol. The normalized spacial score (nSPS) is 14.6. The van der Waals surface area contributed by atoms with E-state index in [2.05, 4.69) is 0 Å². The van der Waals surface area contributed by atoms with E-state index in [-0.39, 0.29) is 18.4 Å². The molecule has 3 N–H and O–H groups in total. The number of nitrogens with two attached hydrogens (primary N) is 1. The van der Waals surface area contributed by atoms with Gasteiger partial charge in [-0.2, -0.15) is 0 Å². The smallest absolute Gasteiger partial charge is 0.239 e. The Morgan fingerprint density at radius 2 is 2.12 bits per heavy atom. The average Bonchev–Trinajstić information content (AvgIpc) is 2.31. The Balaban J connectivity index is 4.34. The lowest BCUT2D eigenvalue weighted by atomic mass is 9.99. The van der Waals surface area contributed by atoms with Crippen molar-refractivity contribution in [2.24, 2.45) is 11.7 Å². The molecular formula is C11H24N2O3. The van der Waals surface area contributed by atoms with Gasteiger partial charge in [0.15, 0.2) is 0 Å². The molecule has 0 aliphatic heterocycles. The van der Waals surface area contributed by atoms with Crippen LogP contribution in [0, 0.1) is 5.92 Å². The van der Waals surface area contributed by atoms with Crippen LogP contribution in [0.25, 0.3) is 0 Å². The first-order valence-corrected chi connectivity index (χ1v) is 5.72. The zero-order valence-electron chi connectivity index (χ0n) is 10.5. The molecule has 0 aliphatic carbocycles. The fraction of sp³-hybridized carbons (Fsp3) is 0.909. The van der Waals surface area contributed by atoms with E-state index in [1.807, 2.05) is 13.8 Å². The molecule has 96 valence electrons. The number of hydrogen-bond donors (Lipinski definition) is 2. The fourth-order valence-electron chi connectivity index (χ4n) is 1.36. The van der Waals surface area contributed by atoms with E-state index in [0.717, 1.165) is 6.42 Å². The Bertz CT molecular complexity index is 200. The Kier molecular flexibility index (Phi) is 8.15. The van der Waals surface area contributed by atoms with E-state index in [1.165, 1.54) is 0 Å². The van der Waals surface area contributed by atoms with Crippen molar-refractivity contribution < 1.29 is 14.6 Å². The molecule has 2 atom stereocenters. The molecule has 1 unspecified atom stereocenters. The van der Waals surface area contributed by atoms with Gasteiger partial charge in [-0.25, -0.2) is 0 Å². The maximum Gasteiger partial charge on any atom is 0.239 e. The Labute approximate surface area is 97.6 Å². The second kappa shape index (κ2) is 8.50. The van der Waals surface area contributed by atoms with Crippen molar-refractivity contribution >= 4 is 5.91 Å². The van der Waals surface area contributed by atoms with Crippen molar-refractivity contribution in [3.63, 3.8) is 0 Å². The first-order valence-electron chi connectivity index (χ1n) is 5.72. The Morgan fingerprint density at radius 3 is 2.56 bits per heavy atom. The van der Waals surface area contributed by atoms with Crippen LogP contribution >= 0.6 is 0 Å². The highest BCUT2D eigenvalue weighted by atomic mass is 16.5. The van der Waals surface area contributed by atoms with E-state index >= 15 is 0 Å². The van der Waals surface area contributed by atoms with Gasteiger partial charge in [0.05, 0.1) is 19.3 Å². The van der Waals surface area contributed by atoms with Crippen LogP contribution in [-0.2, 0) is 9.53 Å². The third kappa shape index (κ3) is 4.92. The van der Waals surface area contributed by atoms with Gasteiger partial charge < -0.3 is 20.5 Å². The van der Waals surface area contributed by atoms with Crippen molar-refractivity contribution in [3.05, 3.63) is 0 Å². The predicted molar refractivity (Wildman–Crippen MR) is 63.0 cm³/mol. The van der Waals surface area contributed by atoms with Crippen LogP contribution in [0.15, 0.2) is 0 Å². The molecule has 0 aromatic carbocycles. The number of carbonyl (C=O) groups excluding carboxylic acids is 1. The van der Waals surface area contributed by atoms with E-state index in [9.17, 15) is 4.79 Å². The molecule has 0 spiro atoms. The summed E-state index contributed by atoms with van der Waals surface area (Å²) < 4.78 is 4.92. The lowest BCUT2D eigenvalue weighted by Crippen LogP contribution is -2.48. The highest BCUT2D eigenvalue weighted by Gasteiger charge is 2.24. The van der Waals surface area contributed by atoms with Crippen molar-refractivity contribution in [2.45, 2.75) is 26.3 Å². The van der Waals surface area contributed by atoms with Crippen molar-refractivity contribution in [3.8, 4) is 0 Å². The molecule has 0 saturated heterocycles. The van der Waals surface area contributed by atoms with Gasteiger partial charge in [0.1, 0.15) is 0 Å². The zero-order chi connectivity index (χ0) is 12.6. The lowest BCUT2D eigenvalue weighted by molar-refractivity contribution is -0.134. The molecule has 5 nitrogen and oxygen atoms in total. The van der Waals surface area contributed by atoms with Gasteiger partial charge >= 0.3 is 0 Å². The summed E-state index contributed by atoms with van der Waals surface area (Å²) in [5.74, 6) is 0.0386. The van der Waals surface area contributed by atoms with E-state index in [4.69, 9.17) is 15.6 Å². The van der Waals surface area contributed by atoms with E-state index < -0.39 is 6.04 Å². The molecule has 16 heavy (non-hydrogen) atoms.